The Morgan fingerprint density at radius 3 is 2.77 bits per heavy atom. The molecule has 26 heavy (non-hydrogen) atoms. The molecular formula is C19H22ClN3O3. The molecule has 1 atom stereocenters. The number of carbonyl (C=O) groups is 1. The third-order valence-electron chi connectivity index (χ3n) is 3.86. The van der Waals surface area contributed by atoms with Crippen molar-refractivity contribution in [2.45, 2.75) is 26.3 Å². The van der Waals surface area contributed by atoms with E-state index in [2.05, 4.69) is 15.8 Å². The van der Waals surface area contributed by atoms with Crippen LogP contribution >= 0.6 is 11.6 Å². The molecule has 1 amide bonds. The maximum atomic E-state index is 12.4. The van der Waals surface area contributed by atoms with Crippen molar-refractivity contribution < 1.29 is 14.6 Å². The number of benzene rings is 2. The highest BCUT2D eigenvalue weighted by Crippen LogP contribution is 2.22. The van der Waals surface area contributed by atoms with Crippen LogP contribution in [0.25, 0.3) is 0 Å². The number of carbonyl (C=O) groups excluding carboxylic acids is 1. The van der Waals surface area contributed by atoms with E-state index in [1.807, 2.05) is 26.0 Å². The number of phenolic OH excluding ortho intramolecular Hbond substituents is 1. The van der Waals surface area contributed by atoms with Gasteiger partial charge in [-0.3, -0.25) is 4.79 Å². The van der Waals surface area contributed by atoms with Gasteiger partial charge in [-0.25, -0.2) is 5.43 Å². The smallest absolute Gasteiger partial charge is 0.262 e. The standard InChI is InChI=1S/C19H22ClN3O3/c1-4-16(22-17-7-5-14(20)9-12(17)2)19(25)23-21-11-13-10-15(26-3)6-8-18(13)24/h5-11,16,22,24H,4H2,1-3H3,(H,23,25)/b21-11+. The van der Waals surface area contributed by atoms with Gasteiger partial charge in [0.1, 0.15) is 17.5 Å². The summed E-state index contributed by atoms with van der Waals surface area (Å²) in [4.78, 5) is 12.4. The lowest BCUT2D eigenvalue weighted by Crippen LogP contribution is -2.37. The van der Waals surface area contributed by atoms with Crippen LogP contribution in [0, 0.1) is 6.92 Å². The van der Waals surface area contributed by atoms with Crippen molar-refractivity contribution in [2.75, 3.05) is 12.4 Å². The highest BCUT2D eigenvalue weighted by Gasteiger charge is 2.16. The minimum atomic E-state index is -0.453. The number of ether oxygens (including phenoxy) is 1. The SMILES string of the molecule is CCC(Nc1ccc(Cl)cc1C)C(=O)N/N=C/c1cc(OC)ccc1O. The van der Waals surface area contributed by atoms with Gasteiger partial charge in [0.2, 0.25) is 0 Å². The Labute approximate surface area is 157 Å². The Morgan fingerprint density at radius 1 is 1.35 bits per heavy atom. The molecule has 0 aliphatic heterocycles. The Hall–Kier alpha value is -2.73. The number of phenols is 1. The quantitative estimate of drug-likeness (QED) is 0.509. The van der Waals surface area contributed by atoms with Crippen LogP contribution < -0.4 is 15.5 Å². The van der Waals surface area contributed by atoms with E-state index in [9.17, 15) is 9.90 Å². The molecule has 0 saturated carbocycles. The Balaban J connectivity index is 2.03. The third-order valence-corrected chi connectivity index (χ3v) is 4.09. The first-order chi connectivity index (χ1) is 12.4. The molecule has 0 fully saturated rings. The number of aromatic hydroxyl groups is 1. The van der Waals surface area contributed by atoms with Gasteiger partial charge in [-0.1, -0.05) is 18.5 Å². The summed E-state index contributed by atoms with van der Waals surface area (Å²) in [5.41, 5.74) is 4.72. The molecule has 2 rings (SSSR count). The molecule has 7 heteroatoms. The van der Waals surface area contributed by atoms with E-state index in [0.717, 1.165) is 11.3 Å². The first-order valence-electron chi connectivity index (χ1n) is 8.17. The summed E-state index contributed by atoms with van der Waals surface area (Å²) in [5, 5.41) is 17.6. The monoisotopic (exact) mass is 375 g/mol. The first-order valence-corrected chi connectivity index (χ1v) is 8.55. The number of hydrazone groups is 1. The molecule has 0 aromatic heterocycles. The van der Waals surface area contributed by atoms with Crippen LogP contribution in [0.2, 0.25) is 5.02 Å². The van der Waals surface area contributed by atoms with E-state index < -0.39 is 6.04 Å². The molecule has 2 aromatic carbocycles. The van der Waals surface area contributed by atoms with Gasteiger partial charge in [-0.15, -0.1) is 0 Å². The number of nitrogens with one attached hydrogen (secondary N) is 2. The molecule has 6 nitrogen and oxygen atoms in total. The molecule has 0 aliphatic rings. The predicted octanol–water partition coefficient (Wildman–Crippen LogP) is 3.70. The van der Waals surface area contributed by atoms with Crippen molar-refractivity contribution >= 4 is 29.4 Å². The summed E-state index contributed by atoms with van der Waals surface area (Å²) >= 11 is 5.96. The van der Waals surface area contributed by atoms with Gasteiger partial charge in [0.05, 0.1) is 13.3 Å². The summed E-state index contributed by atoms with van der Waals surface area (Å²) in [6.07, 6.45) is 1.95. The lowest BCUT2D eigenvalue weighted by atomic mass is 10.1. The molecule has 0 aliphatic carbocycles. The summed E-state index contributed by atoms with van der Waals surface area (Å²) in [6.45, 7) is 3.82. The van der Waals surface area contributed by atoms with Gasteiger partial charge < -0.3 is 15.2 Å². The number of hydrogen-bond donors (Lipinski definition) is 3. The first kappa shape index (κ1) is 19.6. The lowest BCUT2D eigenvalue weighted by molar-refractivity contribution is -0.121. The highest BCUT2D eigenvalue weighted by atomic mass is 35.5. The molecule has 0 heterocycles. The Morgan fingerprint density at radius 2 is 2.12 bits per heavy atom. The van der Waals surface area contributed by atoms with E-state index in [0.29, 0.717) is 22.8 Å². The summed E-state index contributed by atoms with van der Waals surface area (Å²) in [6, 6.07) is 9.75. The average Bonchev–Trinajstić information content (AvgIpc) is 2.62. The van der Waals surface area contributed by atoms with Crippen molar-refractivity contribution in [2.24, 2.45) is 5.10 Å². The molecule has 0 bridgehead atoms. The average molecular weight is 376 g/mol. The fraction of sp³-hybridized carbons (Fsp3) is 0.263. The van der Waals surface area contributed by atoms with Gasteiger partial charge in [0.25, 0.3) is 5.91 Å². The molecule has 0 radical (unpaired) electrons. The van der Waals surface area contributed by atoms with Crippen LogP contribution in [-0.4, -0.2) is 30.4 Å². The van der Waals surface area contributed by atoms with Crippen LogP contribution in [-0.2, 0) is 4.79 Å². The van der Waals surface area contributed by atoms with Gasteiger partial charge in [-0.2, -0.15) is 5.10 Å². The molecular weight excluding hydrogens is 354 g/mol. The minimum Gasteiger partial charge on any atom is -0.507 e. The third kappa shape index (κ3) is 5.13. The van der Waals surface area contributed by atoms with Crippen LogP contribution in [0.1, 0.15) is 24.5 Å². The van der Waals surface area contributed by atoms with Crippen molar-refractivity contribution in [3.05, 3.63) is 52.5 Å². The zero-order chi connectivity index (χ0) is 19.1. The van der Waals surface area contributed by atoms with Crippen LogP contribution in [0.15, 0.2) is 41.5 Å². The number of hydrogen-bond acceptors (Lipinski definition) is 5. The molecule has 0 saturated heterocycles. The van der Waals surface area contributed by atoms with Gasteiger partial charge >= 0.3 is 0 Å². The predicted molar refractivity (Wildman–Crippen MR) is 104 cm³/mol. The molecule has 138 valence electrons. The fourth-order valence-corrected chi connectivity index (χ4v) is 2.56. The fourth-order valence-electron chi connectivity index (χ4n) is 2.34. The van der Waals surface area contributed by atoms with Crippen LogP contribution in [0.5, 0.6) is 11.5 Å². The highest BCUT2D eigenvalue weighted by molar-refractivity contribution is 6.30. The van der Waals surface area contributed by atoms with Crippen molar-refractivity contribution in [1.29, 1.82) is 0 Å². The summed E-state index contributed by atoms with van der Waals surface area (Å²) < 4.78 is 5.10. The molecule has 1 unspecified atom stereocenters. The van der Waals surface area contributed by atoms with Gasteiger partial charge in [0, 0.05) is 16.3 Å². The number of amides is 1. The van der Waals surface area contributed by atoms with E-state index in [4.69, 9.17) is 16.3 Å². The number of rotatable bonds is 7. The maximum Gasteiger partial charge on any atom is 0.262 e. The van der Waals surface area contributed by atoms with Crippen molar-refractivity contribution in [1.82, 2.24) is 5.43 Å². The maximum absolute atomic E-state index is 12.4. The number of nitrogens with zero attached hydrogens (tertiary/aromatic N) is 1. The Kier molecular flexibility index (Phi) is 6.86. The summed E-state index contributed by atoms with van der Waals surface area (Å²) in [7, 11) is 1.53. The molecule has 0 spiro atoms. The van der Waals surface area contributed by atoms with E-state index in [1.54, 1.807) is 18.2 Å². The number of anilines is 1. The Bertz CT molecular complexity index is 809. The second-order valence-electron chi connectivity index (χ2n) is 5.72. The lowest BCUT2D eigenvalue weighted by Gasteiger charge is -2.18. The van der Waals surface area contributed by atoms with Gasteiger partial charge in [0.15, 0.2) is 0 Å². The number of halogens is 1. The van der Waals surface area contributed by atoms with Gasteiger partial charge in [-0.05, 0) is 55.3 Å². The number of methoxy groups -OCH3 is 1. The normalized spacial score (nSPS) is 12.0. The van der Waals surface area contributed by atoms with E-state index >= 15 is 0 Å². The van der Waals surface area contributed by atoms with Crippen molar-refractivity contribution in [3.8, 4) is 11.5 Å². The zero-order valence-corrected chi connectivity index (χ0v) is 15.7. The number of aryl methyl sites for hydroxylation is 1. The van der Waals surface area contributed by atoms with Crippen molar-refractivity contribution in [3.63, 3.8) is 0 Å². The molecule has 2 aromatic rings. The second-order valence-corrected chi connectivity index (χ2v) is 6.16. The topological polar surface area (TPSA) is 83.0 Å². The summed E-state index contributed by atoms with van der Waals surface area (Å²) in [5.74, 6) is 0.355. The van der Waals surface area contributed by atoms with Crippen LogP contribution in [0.4, 0.5) is 5.69 Å². The molecule has 3 N–H and O–H groups in total. The minimum absolute atomic E-state index is 0.0470. The van der Waals surface area contributed by atoms with Crippen LogP contribution in [0.3, 0.4) is 0 Å². The zero-order valence-electron chi connectivity index (χ0n) is 14.9. The largest absolute Gasteiger partial charge is 0.507 e. The van der Waals surface area contributed by atoms with E-state index in [1.165, 1.54) is 19.4 Å². The van der Waals surface area contributed by atoms with E-state index in [-0.39, 0.29) is 11.7 Å². The second kappa shape index (κ2) is 9.10.